The van der Waals surface area contributed by atoms with Crippen LogP contribution in [0.1, 0.15) is 19.8 Å². The van der Waals surface area contributed by atoms with Crippen LogP contribution >= 0.6 is 11.3 Å². The summed E-state index contributed by atoms with van der Waals surface area (Å²) < 4.78 is 0. The molecule has 2 heterocycles. The number of aromatic nitrogens is 2. The van der Waals surface area contributed by atoms with Crippen LogP contribution in [0.15, 0.2) is 24.3 Å². The zero-order chi connectivity index (χ0) is 19.4. The lowest BCUT2D eigenvalue weighted by Gasteiger charge is -2.23. The lowest BCUT2D eigenvalue weighted by atomic mass is 10.2. The van der Waals surface area contributed by atoms with Crippen molar-refractivity contribution in [3.8, 4) is 10.6 Å². The summed E-state index contributed by atoms with van der Waals surface area (Å²) in [6.07, 6.45) is 1.47. The van der Waals surface area contributed by atoms with E-state index in [-0.39, 0.29) is 11.9 Å². The summed E-state index contributed by atoms with van der Waals surface area (Å²) in [5.41, 5.74) is 2.05. The second-order valence-electron chi connectivity index (χ2n) is 6.53. The Morgan fingerprint density at radius 1 is 1.26 bits per heavy atom. The predicted molar refractivity (Wildman–Crippen MR) is 107 cm³/mol. The van der Waals surface area contributed by atoms with Gasteiger partial charge in [-0.1, -0.05) is 11.3 Å². The molecule has 1 aliphatic rings. The van der Waals surface area contributed by atoms with Gasteiger partial charge < -0.3 is 15.1 Å². The first-order valence-corrected chi connectivity index (χ1v) is 9.78. The molecule has 27 heavy (non-hydrogen) atoms. The van der Waals surface area contributed by atoms with E-state index in [9.17, 15) is 9.59 Å². The van der Waals surface area contributed by atoms with Crippen LogP contribution in [0.4, 0.5) is 15.6 Å². The van der Waals surface area contributed by atoms with Crippen LogP contribution in [0, 0.1) is 0 Å². The monoisotopic (exact) mass is 388 g/mol. The number of rotatable bonds is 5. The first-order valence-electron chi connectivity index (χ1n) is 8.96. The Labute approximate surface area is 162 Å². The highest BCUT2D eigenvalue weighted by Gasteiger charge is 2.34. The summed E-state index contributed by atoms with van der Waals surface area (Å²) >= 11 is 1.32. The summed E-state index contributed by atoms with van der Waals surface area (Å²) in [5.74, 6) is -0.218. The van der Waals surface area contributed by atoms with Crippen LogP contribution in [-0.2, 0) is 4.79 Å². The van der Waals surface area contributed by atoms with Gasteiger partial charge in [-0.2, -0.15) is 0 Å². The molecule has 0 radical (unpaired) electrons. The smallest absolute Gasteiger partial charge is 0.318 e. The Balaban J connectivity index is 1.66. The molecule has 1 atom stereocenters. The second-order valence-corrected chi connectivity index (χ2v) is 7.51. The SMILES string of the molecule is CCNC(=O)N1CCCC1C(=O)Nc1nnc(-c2ccc(N(C)C)cc2)s1. The van der Waals surface area contributed by atoms with Crippen molar-refractivity contribution in [2.75, 3.05) is 37.4 Å². The minimum Gasteiger partial charge on any atom is -0.378 e. The summed E-state index contributed by atoms with van der Waals surface area (Å²) in [5, 5.41) is 15.0. The number of benzene rings is 1. The highest BCUT2D eigenvalue weighted by molar-refractivity contribution is 7.18. The molecule has 2 N–H and O–H groups in total. The molecule has 8 nitrogen and oxygen atoms in total. The number of hydrogen-bond donors (Lipinski definition) is 2. The highest BCUT2D eigenvalue weighted by atomic mass is 32.1. The summed E-state index contributed by atoms with van der Waals surface area (Å²) in [6.45, 7) is 2.98. The fraction of sp³-hybridized carbons (Fsp3) is 0.444. The molecule has 3 amide bonds. The molecule has 1 unspecified atom stereocenters. The van der Waals surface area contributed by atoms with Crippen molar-refractivity contribution in [2.24, 2.45) is 0 Å². The van der Waals surface area contributed by atoms with E-state index < -0.39 is 6.04 Å². The van der Waals surface area contributed by atoms with Gasteiger partial charge in [-0.3, -0.25) is 10.1 Å². The molecule has 0 bridgehead atoms. The standard InChI is InChI=1S/C18H24N6O2S/c1-4-19-18(26)24-11-5-6-14(24)15(25)20-17-22-21-16(27-17)12-7-9-13(10-8-12)23(2)3/h7-10,14H,4-6,11H2,1-3H3,(H,19,26)(H,20,22,25). The Morgan fingerprint density at radius 3 is 2.67 bits per heavy atom. The zero-order valence-electron chi connectivity index (χ0n) is 15.7. The van der Waals surface area contributed by atoms with Crippen molar-refractivity contribution in [3.05, 3.63) is 24.3 Å². The number of carbonyl (C=O) groups is 2. The second kappa shape index (κ2) is 8.34. The average molecular weight is 388 g/mol. The molecule has 1 aromatic heterocycles. The number of anilines is 2. The molecule has 0 spiro atoms. The van der Waals surface area contributed by atoms with Crippen molar-refractivity contribution in [2.45, 2.75) is 25.8 Å². The van der Waals surface area contributed by atoms with Crippen molar-refractivity contribution < 1.29 is 9.59 Å². The van der Waals surface area contributed by atoms with E-state index in [1.54, 1.807) is 4.90 Å². The fourth-order valence-corrected chi connectivity index (χ4v) is 3.77. The lowest BCUT2D eigenvalue weighted by Crippen LogP contribution is -2.47. The number of nitrogens with one attached hydrogen (secondary N) is 2. The first kappa shape index (κ1) is 19.1. The lowest BCUT2D eigenvalue weighted by molar-refractivity contribution is -0.119. The number of urea groups is 1. The maximum Gasteiger partial charge on any atom is 0.318 e. The largest absolute Gasteiger partial charge is 0.378 e. The van der Waals surface area contributed by atoms with Crippen LogP contribution in [0.5, 0.6) is 0 Å². The molecule has 0 aliphatic carbocycles. The first-order chi connectivity index (χ1) is 13.0. The average Bonchev–Trinajstić information content (AvgIpc) is 3.31. The molecule has 1 aromatic carbocycles. The van der Waals surface area contributed by atoms with E-state index in [1.807, 2.05) is 50.2 Å². The number of nitrogens with zero attached hydrogens (tertiary/aromatic N) is 4. The molecule has 1 aliphatic heterocycles. The van der Waals surface area contributed by atoms with Gasteiger partial charge in [0.15, 0.2) is 0 Å². The topological polar surface area (TPSA) is 90.5 Å². The summed E-state index contributed by atoms with van der Waals surface area (Å²) in [7, 11) is 3.97. The Kier molecular flexibility index (Phi) is 5.90. The molecule has 0 saturated carbocycles. The third-order valence-corrected chi connectivity index (χ3v) is 5.32. The van der Waals surface area contributed by atoms with E-state index in [1.165, 1.54) is 11.3 Å². The minimum atomic E-state index is -0.469. The van der Waals surface area contributed by atoms with Gasteiger partial charge in [0.1, 0.15) is 11.0 Å². The maximum absolute atomic E-state index is 12.6. The van der Waals surface area contributed by atoms with Crippen LogP contribution in [0.2, 0.25) is 0 Å². The molecule has 2 aromatic rings. The van der Waals surface area contributed by atoms with Crippen LogP contribution in [0.25, 0.3) is 10.6 Å². The van der Waals surface area contributed by atoms with E-state index in [0.717, 1.165) is 22.7 Å². The summed E-state index contributed by atoms with van der Waals surface area (Å²) in [6, 6.07) is 7.32. The van der Waals surface area contributed by atoms with Gasteiger partial charge in [0.05, 0.1) is 0 Å². The van der Waals surface area contributed by atoms with E-state index in [2.05, 4.69) is 20.8 Å². The van der Waals surface area contributed by atoms with Gasteiger partial charge in [-0.25, -0.2) is 4.79 Å². The molecule has 3 rings (SSSR count). The van der Waals surface area contributed by atoms with Gasteiger partial charge in [-0.15, -0.1) is 10.2 Å². The van der Waals surface area contributed by atoms with Crippen molar-refractivity contribution in [1.29, 1.82) is 0 Å². The van der Waals surface area contributed by atoms with Crippen molar-refractivity contribution in [3.63, 3.8) is 0 Å². The van der Waals surface area contributed by atoms with E-state index >= 15 is 0 Å². The number of likely N-dealkylation sites (tertiary alicyclic amines) is 1. The maximum atomic E-state index is 12.6. The molecule has 144 valence electrons. The molecule has 9 heteroatoms. The number of amides is 3. The van der Waals surface area contributed by atoms with E-state index in [0.29, 0.717) is 24.6 Å². The van der Waals surface area contributed by atoms with Gasteiger partial charge in [0, 0.05) is 38.4 Å². The Morgan fingerprint density at radius 2 is 2.00 bits per heavy atom. The Hall–Kier alpha value is -2.68. The van der Waals surface area contributed by atoms with E-state index in [4.69, 9.17) is 0 Å². The molecule has 1 saturated heterocycles. The van der Waals surface area contributed by atoms with Crippen molar-refractivity contribution >= 4 is 34.1 Å². The van der Waals surface area contributed by atoms with Gasteiger partial charge in [-0.05, 0) is 44.0 Å². The van der Waals surface area contributed by atoms with Gasteiger partial charge in [0.2, 0.25) is 11.0 Å². The van der Waals surface area contributed by atoms with Crippen molar-refractivity contribution in [1.82, 2.24) is 20.4 Å². The zero-order valence-corrected chi connectivity index (χ0v) is 16.5. The number of carbonyl (C=O) groups excluding carboxylic acids is 2. The fourth-order valence-electron chi connectivity index (χ4n) is 3.02. The quantitative estimate of drug-likeness (QED) is 0.821. The predicted octanol–water partition coefficient (Wildman–Crippen LogP) is 2.40. The van der Waals surface area contributed by atoms with Gasteiger partial charge in [0.25, 0.3) is 0 Å². The summed E-state index contributed by atoms with van der Waals surface area (Å²) in [4.78, 5) is 28.3. The molecular weight excluding hydrogens is 364 g/mol. The third-order valence-electron chi connectivity index (χ3n) is 4.43. The van der Waals surface area contributed by atoms with Crippen LogP contribution < -0.4 is 15.5 Å². The number of hydrogen-bond acceptors (Lipinski definition) is 6. The molecular formula is C18H24N6O2S. The Bertz CT molecular complexity index is 804. The normalized spacial score (nSPS) is 16.3. The van der Waals surface area contributed by atoms with Crippen LogP contribution in [-0.4, -0.2) is 60.3 Å². The van der Waals surface area contributed by atoms with Crippen LogP contribution in [0.3, 0.4) is 0 Å². The molecule has 1 fully saturated rings. The minimum absolute atomic E-state index is 0.200. The van der Waals surface area contributed by atoms with Gasteiger partial charge >= 0.3 is 6.03 Å². The highest BCUT2D eigenvalue weighted by Crippen LogP contribution is 2.28. The third kappa shape index (κ3) is 4.36.